The second kappa shape index (κ2) is 8.66. The standard InChI is InChI=1S/C11H22N2O2/c1-9(2)13-11(7-12)5-6-15-10(3)8-14-4/h9-11,13H,5-6,8H2,1-4H3. The molecule has 88 valence electrons. The second-order valence-corrected chi connectivity index (χ2v) is 3.93. The molecule has 0 radical (unpaired) electrons. The van der Waals surface area contributed by atoms with Gasteiger partial charge in [-0.1, -0.05) is 0 Å². The minimum atomic E-state index is -0.125. The Bertz CT molecular complexity index is 190. The van der Waals surface area contributed by atoms with Crippen LogP contribution in [0, 0.1) is 11.3 Å². The van der Waals surface area contributed by atoms with Gasteiger partial charge in [-0.2, -0.15) is 5.26 Å². The lowest BCUT2D eigenvalue weighted by Crippen LogP contribution is -2.34. The molecule has 15 heavy (non-hydrogen) atoms. The fourth-order valence-electron chi connectivity index (χ4n) is 1.26. The summed E-state index contributed by atoms with van der Waals surface area (Å²) < 4.78 is 10.4. The molecule has 0 saturated heterocycles. The molecular weight excluding hydrogens is 192 g/mol. The highest BCUT2D eigenvalue weighted by Gasteiger charge is 2.09. The molecule has 2 atom stereocenters. The zero-order valence-corrected chi connectivity index (χ0v) is 10.1. The van der Waals surface area contributed by atoms with Crippen LogP contribution in [-0.2, 0) is 9.47 Å². The van der Waals surface area contributed by atoms with Crippen molar-refractivity contribution in [2.24, 2.45) is 0 Å². The molecule has 0 aromatic rings. The minimum Gasteiger partial charge on any atom is -0.382 e. The fraction of sp³-hybridized carbons (Fsp3) is 0.909. The normalized spacial score (nSPS) is 14.9. The Morgan fingerprint density at radius 3 is 2.47 bits per heavy atom. The van der Waals surface area contributed by atoms with Crippen molar-refractivity contribution in [3.05, 3.63) is 0 Å². The van der Waals surface area contributed by atoms with Crippen LogP contribution in [0.2, 0.25) is 0 Å². The van der Waals surface area contributed by atoms with Crippen LogP contribution in [0.5, 0.6) is 0 Å². The van der Waals surface area contributed by atoms with Crippen molar-refractivity contribution in [1.29, 1.82) is 5.26 Å². The maximum atomic E-state index is 8.85. The van der Waals surface area contributed by atoms with Crippen molar-refractivity contribution in [1.82, 2.24) is 5.32 Å². The Morgan fingerprint density at radius 2 is 2.00 bits per heavy atom. The highest BCUT2D eigenvalue weighted by molar-refractivity contribution is 4.90. The molecule has 0 amide bonds. The summed E-state index contributed by atoms with van der Waals surface area (Å²) in [6.45, 7) is 7.19. The van der Waals surface area contributed by atoms with E-state index in [2.05, 4.69) is 11.4 Å². The number of methoxy groups -OCH3 is 1. The van der Waals surface area contributed by atoms with Crippen LogP contribution in [0.25, 0.3) is 0 Å². The molecule has 0 aliphatic rings. The summed E-state index contributed by atoms with van der Waals surface area (Å²) in [5.74, 6) is 0. The van der Waals surface area contributed by atoms with E-state index in [0.717, 1.165) is 0 Å². The number of nitrogens with one attached hydrogen (secondary N) is 1. The van der Waals surface area contributed by atoms with Crippen LogP contribution in [0.1, 0.15) is 27.2 Å². The van der Waals surface area contributed by atoms with Crippen molar-refractivity contribution < 1.29 is 9.47 Å². The van der Waals surface area contributed by atoms with Crippen LogP contribution < -0.4 is 5.32 Å². The highest BCUT2D eigenvalue weighted by Crippen LogP contribution is 1.97. The summed E-state index contributed by atoms with van der Waals surface area (Å²) in [6.07, 6.45) is 0.802. The van der Waals surface area contributed by atoms with E-state index in [4.69, 9.17) is 14.7 Å². The van der Waals surface area contributed by atoms with Crippen molar-refractivity contribution in [2.75, 3.05) is 20.3 Å². The number of nitrogens with zero attached hydrogens (tertiary/aromatic N) is 1. The van der Waals surface area contributed by atoms with E-state index in [9.17, 15) is 0 Å². The van der Waals surface area contributed by atoms with Crippen LogP contribution in [-0.4, -0.2) is 38.5 Å². The van der Waals surface area contributed by atoms with E-state index in [1.807, 2.05) is 20.8 Å². The van der Waals surface area contributed by atoms with Crippen molar-refractivity contribution >= 4 is 0 Å². The lowest BCUT2D eigenvalue weighted by atomic mass is 10.2. The lowest BCUT2D eigenvalue weighted by molar-refractivity contribution is 0.00680. The van der Waals surface area contributed by atoms with Gasteiger partial charge >= 0.3 is 0 Å². The summed E-state index contributed by atoms with van der Waals surface area (Å²) in [6, 6.07) is 2.42. The molecule has 0 heterocycles. The molecule has 0 spiro atoms. The van der Waals surface area contributed by atoms with Gasteiger partial charge in [0.05, 0.1) is 24.8 Å². The monoisotopic (exact) mass is 214 g/mol. The fourth-order valence-corrected chi connectivity index (χ4v) is 1.26. The van der Waals surface area contributed by atoms with Gasteiger partial charge in [0.15, 0.2) is 0 Å². The lowest BCUT2D eigenvalue weighted by Gasteiger charge is -2.16. The van der Waals surface area contributed by atoms with Crippen molar-refractivity contribution in [2.45, 2.75) is 45.4 Å². The molecule has 0 aliphatic heterocycles. The van der Waals surface area contributed by atoms with Gasteiger partial charge in [0.25, 0.3) is 0 Å². The van der Waals surface area contributed by atoms with Gasteiger partial charge in [-0.3, -0.25) is 5.32 Å². The summed E-state index contributed by atoms with van der Waals surface area (Å²) in [4.78, 5) is 0. The summed E-state index contributed by atoms with van der Waals surface area (Å²) in [5, 5.41) is 12.0. The molecule has 2 unspecified atom stereocenters. The van der Waals surface area contributed by atoms with Gasteiger partial charge in [0.1, 0.15) is 0 Å². The Hall–Kier alpha value is -0.630. The van der Waals surface area contributed by atoms with Gasteiger partial charge < -0.3 is 9.47 Å². The van der Waals surface area contributed by atoms with Crippen molar-refractivity contribution in [3.8, 4) is 6.07 Å². The molecule has 4 nitrogen and oxygen atoms in total. The molecular formula is C11H22N2O2. The number of nitriles is 1. The van der Waals surface area contributed by atoms with Gasteiger partial charge in [0, 0.05) is 19.8 Å². The highest BCUT2D eigenvalue weighted by atomic mass is 16.5. The topological polar surface area (TPSA) is 54.3 Å². The minimum absolute atomic E-state index is 0.0911. The first-order valence-electron chi connectivity index (χ1n) is 5.36. The number of rotatable bonds is 8. The number of hydrogen-bond acceptors (Lipinski definition) is 4. The second-order valence-electron chi connectivity index (χ2n) is 3.93. The zero-order valence-electron chi connectivity index (χ0n) is 10.1. The van der Waals surface area contributed by atoms with E-state index in [-0.39, 0.29) is 12.1 Å². The maximum Gasteiger partial charge on any atom is 0.0976 e. The summed E-state index contributed by atoms with van der Waals surface area (Å²) in [5.41, 5.74) is 0. The maximum absolute atomic E-state index is 8.85. The van der Waals surface area contributed by atoms with Crippen LogP contribution in [0.15, 0.2) is 0 Å². The Morgan fingerprint density at radius 1 is 1.33 bits per heavy atom. The Labute approximate surface area is 92.6 Å². The molecule has 0 saturated carbocycles. The molecule has 0 rings (SSSR count). The average molecular weight is 214 g/mol. The Kier molecular flexibility index (Phi) is 8.30. The van der Waals surface area contributed by atoms with E-state index < -0.39 is 0 Å². The number of hydrogen-bond donors (Lipinski definition) is 1. The smallest absolute Gasteiger partial charge is 0.0976 e. The third kappa shape index (κ3) is 8.37. The van der Waals surface area contributed by atoms with Crippen LogP contribution >= 0.6 is 0 Å². The van der Waals surface area contributed by atoms with Crippen LogP contribution in [0.4, 0.5) is 0 Å². The van der Waals surface area contributed by atoms with E-state index >= 15 is 0 Å². The third-order valence-electron chi connectivity index (χ3n) is 1.90. The number of ether oxygens (including phenoxy) is 2. The molecule has 0 aromatic heterocycles. The zero-order chi connectivity index (χ0) is 11.7. The van der Waals surface area contributed by atoms with Gasteiger partial charge in [0.2, 0.25) is 0 Å². The molecule has 1 N–H and O–H groups in total. The molecule has 0 fully saturated rings. The van der Waals surface area contributed by atoms with Crippen molar-refractivity contribution in [3.63, 3.8) is 0 Å². The van der Waals surface area contributed by atoms with E-state index in [1.54, 1.807) is 7.11 Å². The molecule has 0 aliphatic carbocycles. The van der Waals surface area contributed by atoms with E-state index in [1.165, 1.54) is 0 Å². The predicted octanol–water partition coefficient (Wildman–Crippen LogP) is 1.32. The molecule has 0 aromatic carbocycles. The first-order valence-corrected chi connectivity index (χ1v) is 5.36. The molecule has 4 heteroatoms. The first kappa shape index (κ1) is 14.4. The first-order chi connectivity index (χ1) is 7.10. The summed E-state index contributed by atoms with van der Waals surface area (Å²) >= 11 is 0. The van der Waals surface area contributed by atoms with Gasteiger partial charge in [-0.05, 0) is 27.2 Å². The molecule has 0 bridgehead atoms. The van der Waals surface area contributed by atoms with Crippen LogP contribution in [0.3, 0.4) is 0 Å². The largest absolute Gasteiger partial charge is 0.382 e. The van der Waals surface area contributed by atoms with Gasteiger partial charge in [-0.15, -0.1) is 0 Å². The predicted molar refractivity (Wildman–Crippen MR) is 59.6 cm³/mol. The SMILES string of the molecule is COCC(C)OCCC(C#N)NC(C)C. The Balaban J connectivity index is 3.59. The van der Waals surface area contributed by atoms with Gasteiger partial charge in [-0.25, -0.2) is 0 Å². The quantitative estimate of drug-likeness (QED) is 0.662. The third-order valence-corrected chi connectivity index (χ3v) is 1.90. The average Bonchev–Trinajstić information content (AvgIpc) is 2.16. The van der Waals surface area contributed by atoms with E-state index in [0.29, 0.717) is 25.7 Å². The summed E-state index contributed by atoms with van der Waals surface area (Å²) in [7, 11) is 1.65.